The average Bonchev–Trinajstić information content (AvgIpc) is 2.14. The molecule has 2 atom stereocenters. The van der Waals surface area contributed by atoms with Gasteiger partial charge in [0, 0.05) is 5.02 Å². The Balaban J connectivity index is 3.18. The van der Waals surface area contributed by atoms with Gasteiger partial charge in [-0.3, -0.25) is 0 Å². The lowest BCUT2D eigenvalue weighted by Gasteiger charge is -2.17. The molecule has 1 aromatic carbocycles. The summed E-state index contributed by atoms with van der Waals surface area (Å²) in [5, 5.41) is 9.15. The number of hydrogen-bond donors (Lipinski definition) is 2. The molecule has 0 fully saturated rings. The lowest BCUT2D eigenvalue weighted by atomic mass is 10.0. The quantitative estimate of drug-likeness (QED) is 0.851. The van der Waals surface area contributed by atoms with E-state index in [1.54, 1.807) is 0 Å². The molecule has 0 heterocycles. The van der Waals surface area contributed by atoms with Crippen molar-refractivity contribution in [1.82, 2.24) is 0 Å². The minimum absolute atomic E-state index is 0.0547. The van der Waals surface area contributed by atoms with Gasteiger partial charge in [-0.15, -0.1) is 0 Å². The first-order chi connectivity index (χ1) is 7.21. The monoisotopic (exact) mass is 253 g/mol. The maximum atomic E-state index is 12.5. The standard InChI is InChI=1S/C10H11ClF3NO/c1-5(16)9(15)6-2-7(10(12,13)14)4-8(11)3-6/h2-5,9,16H,15H2,1H3/t5-,9-/m1/s1. The van der Waals surface area contributed by atoms with Crippen LogP contribution in [0.5, 0.6) is 0 Å². The molecular formula is C10H11ClF3NO. The largest absolute Gasteiger partial charge is 0.416 e. The maximum Gasteiger partial charge on any atom is 0.416 e. The first-order valence-corrected chi connectivity index (χ1v) is 4.91. The van der Waals surface area contributed by atoms with Gasteiger partial charge < -0.3 is 10.8 Å². The van der Waals surface area contributed by atoms with Crippen LogP contribution >= 0.6 is 11.6 Å². The van der Waals surface area contributed by atoms with E-state index in [0.29, 0.717) is 0 Å². The molecule has 0 aromatic heterocycles. The molecular weight excluding hydrogens is 243 g/mol. The van der Waals surface area contributed by atoms with Crippen molar-refractivity contribution in [3.05, 3.63) is 34.3 Å². The Bertz CT molecular complexity index is 379. The zero-order chi connectivity index (χ0) is 12.5. The fourth-order valence-corrected chi connectivity index (χ4v) is 1.49. The van der Waals surface area contributed by atoms with Crippen LogP contribution in [0, 0.1) is 0 Å². The number of aliphatic hydroxyl groups is 1. The summed E-state index contributed by atoms with van der Waals surface area (Å²) in [6, 6.07) is 2.14. The Labute approximate surface area is 95.8 Å². The lowest BCUT2D eigenvalue weighted by Crippen LogP contribution is -2.23. The number of benzene rings is 1. The second-order valence-electron chi connectivity index (χ2n) is 3.54. The fourth-order valence-electron chi connectivity index (χ4n) is 1.25. The van der Waals surface area contributed by atoms with E-state index in [9.17, 15) is 18.3 Å². The SMILES string of the molecule is C[C@@H](O)[C@@H](N)c1cc(Cl)cc(C(F)(F)F)c1. The van der Waals surface area contributed by atoms with Crippen LogP contribution in [0.3, 0.4) is 0 Å². The normalized spacial score (nSPS) is 15.9. The fraction of sp³-hybridized carbons (Fsp3) is 0.400. The van der Waals surface area contributed by atoms with Gasteiger partial charge in [-0.1, -0.05) is 11.6 Å². The Kier molecular flexibility index (Phi) is 3.83. The molecule has 0 spiro atoms. The van der Waals surface area contributed by atoms with Crippen molar-refractivity contribution < 1.29 is 18.3 Å². The summed E-state index contributed by atoms with van der Waals surface area (Å²) in [4.78, 5) is 0. The van der Waals surface area contributed by atoms with E-state index in [4.69, 9.17) is 17.3 Å². The van der Waals surface area contributed by atoms with Crippen LogP contribution in [0.25, 0.3) is 0 Å². The van der Waals surface area contributed by atoms with E-state index in [1.165, 1.54) is 13.0 Å². The summed E-state index contributed by atoms with van der Waals surface area (Å²) in [7, 11) is 0. The lowest BCUT2D eigenvalue weighted by molar-refractivity contribution is -0.137. The van der Waals surface area contributed by atoms with Crippen LogP contribution in [0.15, 0.2) is 18.2 Å². The third-order valence-corrected chi connectivity index (χ3v) is 2.37. The molecule has 0 saturated heterocycles. The molecule has 0 aliphatic rings. The van der Waals surface area contributed by atoms with Crippen molar-refractivity contribution in [2.45, 2.75) is 25.2 Å². The van der Waals surface area contributed by atoms with Gasteiger partial charge in [-0.2, -0.15) is 13.2 Å². The van der Waals surface area contributed by atoms with Crippen molar-refractivity contribution in [3.63, 3.8) is 0 Å². The molecule has 1 aromatic rings. The van der Waals surface area contributed by atoms with Gasteiger partial charge in [-0.25, -0.2) is 0 Å². The number of halogens is 4. The van der Waals surface area contributed by atoms with Gasteiger partial charge in [0.25, 0.3) is 0 Å². The molecule has 1 rings (SSSR count). The molecule has 0 aliphatic carbocycles. The highest BCUT2D eigenvalue weighted by molar-refractivity contribution is 6.30. The molecule has 0 radical (unpaired) electrons. The maximum absolute atomic E-state index is 12.5. The number of aliphatic hydroxyl groups excluding tert-OH is 1. The van der Waals surface area contributed by atoms with Gasteiger partial charge in [-0.05, 0) is 30.7 Å². The molecule has 90 valence electrons. The molecule has 0 saturated carbocycles. The number of rotatable bonds is 2. The Hall–Kier alpha value is -0.780. The van der Waals surface area contributed by atoms with Crippen LogP contribution in [0.1, 0.15) is 24.1 Å². The molecule has 2 nitrogen and oxygen atoms in total. The van der Waals surface area contributed by atoms with Crippen molar-refractivity contribution >= 4 is 11.6 Å². The first-order valence-electron chi connectivity index (χ1n) is 4.53. The van der Waals surface area contributed by atoms with Crippen LogP contribution in [-0.4, -0.2) is 11.2 Å². The zero-order valence-corrected chi connectivity index (χ0v) is 9.18. The van der Waals surface area contributed by atoms with Gasteiger partial charge in [0.15, 0.2) is 0 Å². The minimum atomic E-state index is -4.47. The van der Waals surface area contributed by atoms with E-state index >= 15 is 0 Å². The Morgan fingerprint density at radius 2 is 1.88 bits per heavy atom. The predicted molar refractivity (Wildman–Crippen MR) is 55.1 cm³/mol. The van der Waals surface area contributed by atoms with Gasteiger partial charge in [0.2, 0.25) is 0 Å². The average molecular weight is 254 g/mol. The Morgan fingerprint density at radius 1 is 1.31 bits per heavy atom. The summed E-state index contributed by atoms with van der Waals surface area (Å²) in [6.45, 7) is 1.40. The Morgan fingerprint density at radius 3 is 2.31 bits per heavy atom. The minimum Gasteiger partial charge on any atom is -0.391 e. The van der Waals surface area contributed by atoms with Gasteiger partial charge in [0.1, 0.15) is 0 Å². The van der Waals surface area contributed by atoms with Crippen molar-refractivity contribution in [2.24, 2.45) is 5.73 Å². The molecule has 0 amide bonds. The van der Waals surface area contributed by atoms with E-state index < -0.39 is 23.9 Å². The smallest absolute Gasteiger partial charge is 0.391 e. The second-order valence-corrected chi connectivity index (χ2v) is 3.97. The summed E-state index contributed by atoms with van der Waals surface area (Å²) >= 11 is 5.57. The van der Waals surface area contributed by atoms with E-state index in [0.717, 1.165) is 12.1 Å². The van der Waals surface area contributed by atoms with Crippen LogP contribution in [0.4, 0.5) is 13.2 Å². The molecule has 0 unspecified atom stereocenters. The van der Waals surface area contributed by atoms with Gasteiger partial charge in [0.05, 0.1) is 17.7 Å². The third kappa shape index (κ3) is 3.10. The zero-order valence-electron chi connectivity index (χ0n) is 8.42. The second kappa shape index (κ2) is 4.61. The van der Waals surface area contributed by atoms with Gasteiger partial charge >= 0.3 is 6.18 Å². The predicted octanol–water partition coefficient (Wildman–Crippen LogP) is 2.74. The van der Waals surface area contributed by atoms with Crippen molar-refractivity contribution in [2.75, 3.05) is 0 Å². The summed E-state index contributed by atoms with van der Waals surface area (Å²) < 4.78 is 37.4. The van der Waals surface area contributed by atoms with E-state index in [1.807, 2.05) is 0 Å². The van der Waals surface area contributed by atoms with Crippen molar-refractivity contribution in [1.29, 1.82) is 0 Å². The third-order valence-electron chi connectivity index (χ3n) is 2.15. The summed E-state index contributed by atoms with van der Waals surface area (Å²) in [6.07, 6.45) is -5.42. The summed E-state index contributed by atoms with van der Waals surface area (Å²) in [5.74, 6) is 0. The van der Waals surface area contributed by atoms with Crippen LogP contribution < -0.4 is 5.73 Å². The summed E-state index contributed by atoms with van der Waals surface area (Å²) in [5.41, 5.74) is 4.84. The van der Waals surface area contributed by atoms with Crippen LogP contribution in [0.2, 0.25) is 5.02 Å². The molecule has 6 heteroatoms. The number of hydrogen-bond acceptors (Lipinski definition) is 2. The van der Waals surface area contributed by atoms with Crippen molar-refractivity contribution in [3.8, 4) is 0 Å². The molecule has 16 heavy (non-hydrogen) atoms. The highest BCUT2D eigenvalue weighted by Gasteiger charge is 2.31. The molecule has 3 N–H and O–H groups in total. The van der Waals surface area contributed by atoms with Crippen LogP contribution in [-0.2, 0) is 6.18 Å². The topological polar surface area (TPSA) is 46.2 Å². The number of nitrogens with two attached hydrogens (primary N) is 1. The van der Waals surface area contributed by atoms with E-state index in [-0.39, 0.29) is 10.6 Å². The van der Waals surface area contributed by atoms with E-state index in [2.05, 4.69) is 0 Å². The number of alkyl halides is 3. The highest BCUT2D eigenvalue weighted by Crippen LogP contribution is 2.33. The first kappa shape index (κ1) is 13.3. The highest BCUT2D eigenvalue weighted by atomic mass is 35.5. The molecule has 0 bridgehead atoms. The molecule has 0 aliphatic heterocycles.